The number of amides is 3. The molecule has 1 aromatic heterocycles. The topological polar surface area (TPSA) is 103 Å². The quantitative estimate of drug-likeness (QED) is 0.416. The molecular formula is C32H36N4O4S. The number of thiazole rings is 1. The summed E-state index contributed by atoms with van der Waals surface area (Å²) in [5.74, 6) is -1.01. The average molecular weight is 573 g/mol. The number of hydrogen-bond donors (Lipinski definition) is 2. The molecule has 3 amide bonds. The second-order valence-corrected chi connectivity index (χ2v) is 12.2. The summed E-state index contributed by atoms with van der Waals surface area (Å²) in [6.45, 7) is 12.5. The predicted octanol–water partition coefficient (Wildman–Crippen LogP) is 4.41. The Morgan fingerprint density at radius 1 is 1.22 bits per heavy atom. The van der Waals surface area contributed by atoms with Crippen LogP contribution in [-0.2, 0) is 22.7 Å². The van der Waals surface area contributed by atoms with Crippen LogP contribution in [0.3, 0.4) is 0 Å². The van der Waals surface area contributed by atoms with Gasteiger partial charge in [0.25, 0.3) is 5.91 Å². The van der Waals surface area contributed by atoms with Gasteiger partial charge in [0.1, 0.15) is 12.1 Å². The summed E-state index contributed by atoms with van der Waals surface area (Å²) in [5, 5.41) is 13.5. The number of carbonyl (C=O) groups is 3. The molecule has 0 unspecified atom stereocenters. The molecule has 2 N–H and O–H groups in total. The fourth-order valence-corrected chi connectivity index (χ4v) is 6.71. The molecule has 1 saturated heterocycles. The van der Waals surface area contributed by atoms with Crippen LogP contribution in [0.1, 0.15) is 59.9 Å². The predicted molar refractivity (Wildman–Crippen MR) is 160 cm³/mol. The molecule has 41 heavy (non-hydrogen) atoms. The van der Waals surface area contributed by atoms with E-state index in [9.17, 15) is 19.5 Å². The van der Waals surface area contributed by atoms with E-state index in [1.807, 2.05) is 63.5 Å². The maximum atomic E-state index is 14.0. The summed E-state index contributed by atoms with van der Waals surface area (Å²) in [7, 11) is 0. The van der Waals surface area contributed by atoms with Crippen molar-refractivity contribution >= 4 is 34.6 Å². The van der Waals surface area contributed by atoms with Crippen molar-refractivity contribution in [1.29, 1.82) is 0 Å². The van der Waals surface area contributed by atoms with Gasteiger partial charge in [-0.2, -0.15) is 0 Å². The SMILES string of the molecule is C=C(C)c1cc(-c2scnc2C)ccc1CNC(=O)[C@@H]1C[C@@H](O)CN1C(=O)[C@H](C(C)C)N1Cc2ccccc2C1=O. The Hall–Kier alpha value is -3.82. The number of benzene rings is 2. The lowest BCUT2D eigenvalue weighted by Gasteiger charge is -2.35. The molecule has 0 saturated carbocycles. The first kappa shape index (κ1) is 28.7. The van der Waals surface area contributed by atoms with Crippen LogP contribution < -0.4 is 5.32 Å². The zero-order valence-electron chi connectivity index (χ0n) is 23.9. The smallest absolute Gasteiger partial charge is 0.255 e. The molecule has 5 rings (SSSR count). The molecule has 9 heteroatoms. The van der Waals surface area contributed by atoms with Crippen molar-refractivity contribution in [3.8, 4) is 10.4 Å². The van der Waals surface area contributed by atoms with Gasteiger partial charge in [-0.25, -0.2) is 4.98 Å². The van der Waals surface area contributed by atoms with Crippen molar-refractivity contribution in [1.82, 2.24) is 20.1 Å². The Bertz CT molecular complexity index is 1510. The number of aliphatic hydroxyl groups excluding tert-OH is 1. The van der Waals surface area contributed by atoms with E-state index in [0.29, 0.717) is 12.1 Å². The molecule has 0 aliphatic carbocycles. The fraction of sp³-hybridized carbons (Fsp3) is 0.375. The Labute approximate surface area is 244 Å². The zero-order valence-corrected chi connectivity index (χ0v) is 24.7. The largest absolute Gasteiger partial charge is 0.391 e. The van der Waals surface area contributed by atoms with Crippen molar-refractivity contribution in [3.05, 3.63) is 82.5 Å². The fourth-order valence-electron chi connectivity index (χ4n) is 5.90. The van der Waals surface area contributed by atoms with E-state index in [1.165, 1.54) is 4.90 Å². The second kappa shape index (κ2) is 11.6. The second-order valence-electron chi connectivity index (χ2n) is 11.3. The maximum Gasteiger partial charge on any atom is 0.255 e. The molecule has 3 heterocycles. The Kier molecular flexibility index (Phi) is 8.11. The number of aromatic nitrogens is 1. The van der Waals surface area contributed by atoms with Gasteiger partial charge in [0, 0.05) is 31.6 Å². The van der Waals surface area contributed by atoms with Crippen molar-refractivity contribution in [2.24, 2.45) is 5.92 Å². The molecule has 2 aliphatic heterocycles. The summed E-state index contributed by atoms with van der Waals surface area (Å²) in [6.07, 6.45) is -0.671. The lowest BCUT2D eigenvalue weighted by atomic mass is 9.97. The Balaban J connectivity index is 1.33. The van der Waals surface area contributed by atoms with Gasteiger partial charge in [0.2, 0.25) is 11.8 Å². The number of carbonyl (C=O) groups excluding carboxylic acids is 3. The van der Waals surface area contributed by atoms with Crippen LogP contribution in [-0.4, -0.2) is 62.3 Å². The average Bonchev–Trinajstić information content (AvgIpc) is 3.64. The van der Waals surface area contributed by atoms with Crippen LogP contribution >= 0.6 is 11.3 Å². The van der Waals surface area contributed by atoms with E-state index in [-0.39, 0.29) is 43.1 Å². The van der Waals surface area contributed by atoms with Crippen LogP contribution in [0.4, 0.5) is 0 Å². The third kappa shape index (κ3) is 5.56. The molecule has 8 nitrogen and oxygen atoms in total. The molecule has 3 atom stereocenters. The van der Waals surface area contributed by atoms with Crippen molar-refractivity contribution in [3.63, 3.8) is 0 Å². The highest BCUT2D eigenvalue weighted by Crippen LogP contribution is 2.32. The number of aliphatic hydroxyl groups is 1. The Morgan fingerprint density at radius 3 is 2.63 bits per heavy atom. The van der Waals surface area contributed by atoms with E-state index in [2.05, 4.69) is 22.9 Å². The minimum absolute atomic E-state index is 0.0506. The number of allylic oxidation sites excluding steroid dienone is 1. The van der Waals surface area contributed by atoms with Gasteiger partial charge < -0.3 is 20.2 Å². The molecule has 0 spiro atoms. The summed E-state index contributed by atoms with van der Waals surface area (Å²) in [5.41, 5.74) is 8.06. The van der Waals surface area contributed by atoms with Crippen molar-refractivity contribution < 1.29 is 19.5 Å². The summed E-state index contributed by atoms with van der Waals surface area (Å²) in [4.78, 5) is 49.2. The van der Waals surface area contributed by atoms with E-state index in [1.54, 1.807) is 22.3 Å². The first-order chi connectivity index (χ1) is 19.6. The third-order valence-corrected chi connectivity index (χ3v) is 8.94. The highest BCUT2D eigenvalue weighted by Gasteiger charge is 2.45. The number of fused-ring (bicyclic) bond motifs is 1. The zero-order chi connectivity index (χ0) is 29.4. The monoisotopic (exact) mass is 572 g/mol. The highest BCUT2D eigenvalue weighted by molar-refractivity contribution is 7.13. The van der Waals surface area contributed by atoms with Gasteiger partial charge in [-0.05, 0) is 54.2 Å². The number of hydrogen-bond acceptors (Lipinski definition) is 6. The number of rotatable bonds is 8. The minimum atomic E-state index is -0.828. The molecule has 1 fully saturated rings. The van der Waals surface area contributed by atoms with Gasteiger partial charge in [0.15, 0.2) is 0 Å². The van der Waals surface area contributed by atoms with Gasteiger partial charge in [0.05, 0.1) is 22.2 Å². The summed E-state index contributed by atoms with van der Waals surface area (Å²) in [6, 6.07) is 11.9. The molecule has 214 valence electrons. The van der Waals surface area contributed by atoms with E-state index >= 15 is 0 Å². The van der Waals surface area contributed by atoms with Crippen LogP contribution in [0.5, 0.6) is 0 Å². The number of nitrogens with zero attached hydrogens (tertiary/aromatic N) is 3. The van der Waals surface area contributed by atoms with Crippen LogP contribution in [0, 0.1) is 12.8 Å². The van der Waals surface area contributed by atoms with Crippen molar-refractivity contribution in [2.45, 2.75) is 65.4 Å². The van der Waals surface area contributed by atoms with Gasteiger partial charge in [-0.1, -0.05) is 56.3 Å². The maximum absolute atomic E-state index is 14.0. The molecular weight excluding hydrogens is 536 g/mol. The highest BCUT2D eigenvalue weighted by atomic mass is 32.1. The van der Waals surface area contributed by atoms with Crippen molar-refractivity contribution in [2.75, 3.05) is 6.54 Å². The molecule has 0 bridgehead atoms. The van der Waals surface area contributed by atoms with E-state index in [0.717, 1.165) is 38.4 Å². The van der Waals surface area contributed by atoms with E-state index in [4.69, 9.17) is 0 Å². The number of likely N-dealkylation sites (tertiary alicyclic amines) is 1. The Morgan fingerprint density at radius 2 is 1.98 bits per heavy atom. The lowest BCUT2D eigenvalue weighted by Crippen LogP contribution is -2.55. The minimum Gasteiger partial charge on any atom is -0.391 e. The molecule has 2 aliphatic rings. The molecule has 0 radical (unpaired) electrons. The van der Waals surface area contributed by atoms with E-state index < -0.39 is 18.2 Å². The first-order valence-electron chi connectivity index (χ1n) is 13.9. The normalized spacial score (nSPS) is 19.0. The number of nitrogens with one attached hydrogen (secondary N) is 1. The summed E-state index contributed by atoms with van der Waals surface area (Å²) < 4.78 is 0. The summed E-state index contributed by atoms with van der Waals surface area (Å²) >= 11 is 1.58. The lowest BCUT2D eigenvalue weighted by molar-refractivity contribution is -0.143. The van der Waals surface area contributed by atoms with Gasteiger partial charge in [-0.15, -0.1) is 11.3 Å². The first-order valence-corrected chi connectivity index (χ1v) is 14.8. The van der Waals surface area contributed by atoms with Gasteiger partial charge in [-0.3, -0.25) is 14.4 Å². The van der Waals surface area contributed by atoms with Gasteiger partial charge >= 0.3 is 0 Å². The third-order valence-electron chi connectivity index (χ3n) is 7.96. The molecule has 2 aromatic carbocycles. The standard InChI is InChI=1S/C32H36N4O4S/c1-18(2)26-12-21(29-20(5)34-17-41-29)10-11-22(26)14-33-30(38)27-13-24(37)16-35(27)32(40)28(19(3)4)36-15-23-8-6-7-9-25(23)31(36)39/h6-12,17,19,24,27-28,37H,1,13-16H2,2-5H3,(H,33,38)/t24-,27+,28+/m1/s1. The van der Waals surface area contributed by atoms with Crippen LogP contribution in [0.25, 0.3) is 16.0 Å². The van der Waals surface area contributed by atoms with Crippen LogP contribution in [0.2, 0.25) is 0 Å². The number of aryl methyl sites for hydroxylation is 1. The van der Waals surface area contributed by atoms with Crippen LogP contribution in [0.15, 0.2) is 54.6 Å². The number of β-amino-alcohol motifs (C(OH)–C–C–N with tert-alkyl or cyclic N) is 1. The molecule has 3 aromatic rings.